The first-order chi connectivity index (χ1) is 13.8. The molecule has 5 nitrogen and oxygen atoms in total. The molecule has 2 heterocycles. The minimum absolute atomic E-state index is 0.00787. The van der Waals surface area contributed by atoms with E-state index < -0.39 is 5.60 Å². The van der Waals surface area contributed by atoms with Gasteiger partial charge in [0.2, 0.25) is 0 Å². The summed E-state index contributed by atoms with van der Waals surface area (Å²) in [4.78, 5) is 21.6. The van der Waals surface area contributed by atoms with Gasteiger partial charge in [0.05, 0.1) is 16.3 Å². The molecule has 4 rings (SSSR count). The van der Waals surface area contributed by atoms with Crippen molar-refractivity contribution >= 4 is 44.4 Å². The number of thiazole rings is 1. The van der Waals surface area contributed by atoms with Crippen LogP contribution in [0.25, 0.3) is 10.2 Å². The third kappa shape index (κ3) is 4.49. The Balaban J connectivity index is 1.65. The van der Waals surface area contributed by atoms with Crippen LogP contribution >= 0.6 is 22.9 Å². The fourth-order valence-electron chi connectivity index (χ4n) is 3.47. The maximum Gasteiger partial charge on any atom is 0.410 e. The van der Waals surface area contributed by atoms with Gasteiger partial charge in [0.15, 0.2) is 5.13 Å². The summed E-state index contributed by atoms with van der Waals surface area (Å²) >= 11 is 7.78. The Morgan fingerprint density at radius 2 is 1.93 bits per heavy atom. The predicted molar refractivity (Wildman–Crippen MR) is 119 cm³/mol. The molecular weight excluding hydrogens is 406 g/mol. The van der Waals surface area contributed by atoms with Crippen molar-refractivity contribution in [2.24, 2.45) is 0 Å². The van der Waals surface area contributed by atoms with Gasteiger partial charge >= 0.3 is 6.09 Å². The molecule has 0 N–H and O–H groups in total. The largest absolute Gasteiger partial charge is 0.444 e. The fraction of sp³-hybridized carbons (Fsp3) is 0.364. The van der Waals surface area contributed by atoms with Crippen molar-refractivity contribution in [3.05, 3.63) is 59.1 Å². The SMILES string of the molecule is CC(C)(C)OC(=O)N1CCN(c2nc3ccc(Cl)cc3s2)[C@H](c2ccccc2)C1. The van der Waals surface area contributed by atoms with E-state index in [4.69, 9.17) is 21.3 Å². The highest BCUT2D eigenvalue weighted by Gasteiger charge is 2.34. The summed E-state index contributed by atoms with van der Waals surface area (Å²) in [7, 11) is 0. The van der Waals surface area contributed by atoms with Crippen LogP contribution in [0.2, 0.25) is 5.02 Å². The lowest BCUT2D eigenvalue weighted by Crippen LogP contribution is -2.51. The average molecular weight is 430 g/mol. The van der Waals surface area contributed by atoms with E-state index >= 15 is 0 Å². The van der Waals surface area contributed by atoms with E-state index in [9.17, 15) is 4.79 Å². The van der Waals surface area contributed by atoms with Gasteiger partial charge in [-0.25, -0.2) is 9.78 Å². The highest BCUT2D eigenvalue weighted by molar-refractivity contribution is 7.22. The lowest BCUT2D eigenvalue weighted by molar-refractivity contribution is 0.0214. The number of hydrogen-bond acceptors (Lipinski definition) is 5. The lowest BCUT2D eigenvalue weighted by atomic mass is 10.0. The number of hydrogen-bond donors (Lipinski definition) is 0. The number of carbonyl (C=O) groups excluding carboxylic acids is 1. The van der Waals surface area contributed by atoms with Crippen molar-refractivity contribution < 1.29 is 9.53 Å². The summed E-state index contributed by atoms with van der Waals surface area (Å²) < 4.78 is 6.67. The summed E-state index contributed by atoms with van der Waals surface area (Å²) in [5, 5.41) is 1.65. The number of halogens is 1. The molecular formula is C22H24ClN3O2S. The molecule has 0 aliphatic carbocycles. The summed E-state index contributed by atoms with van der Waals surface area (Å²) in [5.41, 5.74) is 1.58. The Bertz CT molecular complexity index is 1020. The van der Waals surface area contributed by atoms with Gasteiger partial charge in [-0.15, -0.1) is 0 Å². The lowest BCUT2D eigenvalue weighted by Gasteiger charge is -2.41. The maximum atomic E-state index is 12.7. The molecule has 0 spiro atoms. The van der Waals surface area contributed by atoms with Gasteiger partial charge in [-0.3, -0.25) is 0 Å². The number of nitrogens with zero attached hydrogens (tertiary/aromatic N) is 3. The molecule has 3 aromatic rings. The molecule has 1 aliphatic heterocycles. The molecule has 1 aromatic heterocycles. The number of piperazine rings is 1. The predicted octanol–water partition coefficient (Wildman–Crippen LogP) is 5.75. The van der Waals surface area contributed by atoms with E-state index in [1.54, 1.807) is 16.2 Å². The van der Waals surface area contributed by atoms with Gasteiger partial charge in [-0.05, 0) is 44.5 Å². The van der Waals surface area contributed by atoms with Crippen LogP contribution in [-0.4, -0.2) is 41.2 Å². The molecule has 0 saturated carbocycles. The van der Waals surface area contributed by atoms with Gasteiger partial charge < -0.3 is 14.5 Å². The first-order valence-electron chi connectivity index (χ1n) is 9.66. The number of carbonyl (C=O) groups is 1. The van der Waals surface area contributed by atoms with Gasteiger partial charge in [0.1, 0.15) is 5.60 Å². The summed E-state index contributed by atoms with van der Waals surface area (Å²) in [6.45, 7) is 7.50. The van der Waals surface area contributed by atoms with Crippen LogP contribution in [0.4, 0.5) is 9.93 Å². The zero-order chi connectivity index (χ0) is 20.6. The normalized spacial score (nSPS) is 17.6. The zero-order valence-corrected chi connectivity index (χ0v) is 18.3. The number of benzene rings is 2. The highest BCUT2D eigenvalue weighted by atomic mass is 35.5. The molecule has 1 amide bonds. The van der Waals surface area contributed by atoms with Crippen molar-refractivity contribution in [3.8, 4) is 0 Å². The quantitative estimate of drug-likeness (QED) is 0.520. The van der Waals surface area contributed by atoms with Crippen molar-refractivity contribution in [1.29, 1.82) is 0 Å². The van der Waals surface area contributed by atoms with Gasteiger partial charge in [0, 0.05) is 24.7 Å². The molecule has 2 aromatic carbocycles. The van der Waals surface area contributed by atoms with Crippen molar-refractivity contribution in [3.63, 3.8) is 0 Å². The van der Waals surface area contributed by atoms with E-state index in [-0.39, 0.29) is 12.1 Å². The number of amides is 1. The van der Waals surface area contributed by atoms with Crippen LogP contribution in [0, 0.1) is 0 Å². The van der Waals surface area contributed by atoms with Crippen LogP contribution in [-0.2, 0) is 4.74 Å². The summed E-state index contributed by atoms with van der Waals surface area (Å²) in [6.07, 6.45) is -0.269. The fourth-order valence-corrected chi connectivity index (χ4v) is 4.79. The standard InChI is InChI=1S/C22H24ClN3O2S/c1-22(2,3)28-21(27)25-11-12-26(18(14-25)15-7-5-4-6-8-15)20-24-17-10-9-16(23)13-19(17)29-20/h4-10,13,18H,11-12,14H2,1-3H3/t18-/m0/s1. The average Bonchev–Trinajstić information content (AvgIpc) is 3.10. The monoisotopic (exact) mass is 429 g/mol. The van der Waals surface area contributed by atoms with Crippen LogP contribution in [0.5, 0.6) is 0 Å². The number of fused-ring (bicyclic) bond motifs is 1. The Morgan fingerprint density at radius 3 is 2.66 bits per heavy atom. The first kappa shape index (κ1) is 20.0. The van der Waals surface area contributed by atoms with Gasteiger partial charge in [-0.2, -0.15) is 0 Å². The molecule has 1 saturated heterocycles. The molecule has 1 atom stereocenters. The van der Waals surface area contributed by atoms with Crippen LogP contribution in [0.15, 0.2) is 48.5 Å². The van der Waals surface area contributed by atoms with Crippen LogP contribution < -0.4 is 4.90 Å². The minimum atomic E-state index is -0.511. The van der Waals surface area contributed by atoms with E-state index in [1.807, 2.05) is 57.2 Å². The van der Waals surface area contributed by atoms with Crippen LogP contribution in [0.3, 0.4) is 0 Å². The topological polar surface area (TPSA) is 45.7 Å². The third-order valence-corrected chi connectivity index (χ3v) is 6.09. The number of ether oxygens (including phenoxy) is 1. The molecule has 0 unspecified atom stereocenters. The maximum absolute atomic E-state index is 12.7. The van der Waals surface area contributed by atoms with E-state index in [0.717, 1.165) is 20.9 Å². The second-order valence-electron chi connectivity index (χ2n) is 8.15. The molecule has 1 aliphatic rings. The van der Waals surface area contributed by atoms with Crippen molar-refractivity contribution in [2.45, 2.75) is 32.4 Å². The second-order valence-corrected chi connectivity index (χ2v) is 9.60. The van der Waals surface area contributed by atoms with E-state index in [2.05, 4.69) is 17.0 Å². The molecule has 29 heavy (non-hydrogen) atoms. The summed E-state index contributed by atoms with van der Waals surface area (Å²) in [5.74, 6) is 0. The third-order valence-electron chi connectivity index (χ3n) is 4.80. The molecule has 1 fully saturated rings. The smallest absolute Gasteiger partial charge is 0.410 e. The second kappa shape index (κ2) is 7.84. The Kier molecular flexibility index (Phi) is 5.40. The Labute approximate surface area is 179 Å². The highest BCUT2D eigenvalue weighted by Crippen LogP contribution is 2.37. The van der Waals surface area contributed by atoms with Crippen molar-refractivity contribution in [1.82, 2.24) is 9.88 Å². The van der Waals surface area contributed by atoms with E-state index in [0.29, 0.717) is 24.7 Å². The Morgan fingerprint density at radius 1 is 1.17 bits per heavy atom. The number of aromatic nitrogens is 1. The van der Waals surface area contributed by atoms with Crippen LogP contribution in [0.1, 0.15) is 32.4 Å². The summed E-state index contributed by atoms with van der Waals surface area (Å²) in [6, 6.07) is 16.0. The Hall–Kier alpha value is -2.31. The van der Waals surface area contributed by atoms with Gasteiger partial charge in [0.25, 0.3) is 0 Å². The molecule has 7 heteroatoms. The minimum Gasteiger partial charge on any atom is -0.444 e. The number of anilines is 1. The zero-order valence-electron chi connectivity index (χ0n) is 16.8. The van der Waals surface area contributed by atoms with Crippen molar-refractivity contribution in [2.75, 3.05) is 24.5 Å². The molecule has 152 valence electrons. The number of rotatable bonds is 2. The molecule has 0 radical (unpaired) electrons. The van der Waals surface area contributed by atoms with Gasteiger partial charge in [-0.1, -0.05) is 53.3 Å². The first-order valence-corrected chi connectivity index (χ1v) is 10.9. The molecule has 0 bridgehead atoms. The van der Waals surface area contributed by atoms with E-state index in [1.165, 1.54) is 0 Å².